The second-order valence-electron chi connectivity index (χ2n) is 5.22. The van der Waals surface area contributed by atoms with Crippen molar-refractivity contribution < 1.29 is 18.3 Å². The summed E-state index contributed by atoms with van der Waals surface area (Å²) in [5.74, 6) is -0.397. The van der Waals surface area contributed by atoms with Crippen LogP contribution in [0.2, 0.25) is 0 Å². The number of nitrogens with zero attached hydrogens (tertiary/aromatic N) is 1. The third-order valence-electron chi connectivity index (χ3n) is 3.80. The Labute approximate surface area is 132 Å². The highest BCUT2D eigenvalue weighted by Gasteiger charge is 2.14. The van der Waals surface area contributed by atoms with Crippen molar-refractivity contribution in [3.63, 3.8) is 0 Å². The summed E-state index contributed by atoms with van der Waals surface area (Å²) < 4.78 is 31.9. The zero-order chi connectivity index (χ0) is 16.4. The SMILES string of the molecule is COC(=O)c1ccc(Cc2cn(C(F)F)c3ccccc23)cc1. The number of halogens is 2. The van der Waals surface area contributed by atoms with Crippen LogP contribution in [0.1, 0.15) is 28.0 Å². The first-order valence-corrected chi connectivity index (χ1v) is 7.14. The Hall–Kier alpha value is -2.69. The van der Waals surface area contributed by atoms with Crippen LogP contribution in [0, 0.1) is 0 Å². The van der Waals surface area contributed by atoms with Crippen molar-refractivity contribution in [3.05, 3.63) is 71.4 Å². The zero-order valence-electron chi connectivity index (χ0n) is 12.5. The van der Waals surface area contributed by atoms with Gasteiger partial charge in [0.2, 0.25) is 0 Å². The number of esters is 1. The van der Waals surface area contributed by atoms with Crippen molar-refractivity contribution in [1.29, 1.82) is 0 Å². The van der Waals surface area contributed by atoms with Crippen LogP contribution in [-0.4, -0.2) is 17.6 Å². The van der Waals surface area contributed by atoms with Gasteiger partial charge in [-0.05, 0) is 35.7 Å². The van der Waals surface area contributed by atoms with E-state index in [2.05, 4.69) is 4.74 Å². The molecule has 1 heterocycles. The molecule has 0 fully saturated rings. The Morgan fingerprint density at radius 2 is 1.83 bits per heavy atom. The predicted octanol–water partition coefficient (Wildman–Crippen LogP) is 4.41. The average molecular weight is 315 g/mol. The Balaban J connectivity index is 1.94. The number of hydrogen-bond donors (Lipinski definition) is 0. The minimum Gasteiger partial charge on any atom is -0.465 e. The van der Waals surface area contributed by atoms with Crippen molar-refractivity contribution in [2.24, 2.45) is 0 Å². The number of carbonyl (C=O) groups is 1. The molecule has 2 aromatic carbocycles. The molecular weight excluding hydrogens is 300 g/mol. The number of benzene rings is 2. The smallest absolute Gasteiger partial charge is 0.337 e. The third kappa shape index (κ3) is 2.95. The van der Waals surface area contributed by atoms with E-state index in [4.69, 9.17) is 0 Å². The topological polar surface area (TPSA) is 31.2 Å². The fourth-order valence-electron chi connectivity index (χ4n) is 2.68. The van der Waals surface area contributed by atoms with Gasteiger partial charge < -0.3 is 4.74 Å². The lowest BCUT2D eigenvalue weighted by atomic mass is 10.0. The summed E-state index contributed by atoms with van der Waals surface area (Å²) in [6, 6.07) is 14.1. The van der Waals surface area contributed by atoms with E-state index in [0.29, 0.717) is 17.5 Å². The number of carbonyl (C=O) groups excluding carboxylic acids is 1. The number of rotatable bonds is 4. The zero-order valence-corrected chi connectivity index (χ0v) is 12.5. The van der Waals surface area contributed by atoms with Crippen molar-refractivity contribution in [1.82, 2.24) is 4.57 Å². The van der Waals surface area contributed by atoms with Gasteiger partial charge in [0, 0.05) is 11.6 Å². The van der Waals surface area contributed by atoms with Gasteiger partial charge >= 0.3 is 12.5 Å². The highest BCUT2D eigenvalue weighted by atomic mass is 19.3. The number of hydrogen-bond acceptors (Lipinski definition) is 2. The van der Waals surface area contributed by atoms with Crippen LogP contribution >= 0.6 is 0 Å². The first kappa shape index (κ1) is 15.2. The van der Waals surface area contributed by atoms with E-state index in [1.54, 1.807) is 36.4 Å². The van der Waals surface area contributed by atoms with Gasteiger partial charge in [-0.15, -0.1) is 0 Å². The number of alkyl halides is 2. The fourth-order valence-corrected chi connectivity index (χ4v) is 2.68. The van der Waals surface area contributed by atoms with Crippen molar-refractivity contribution in [2.45, 2.75) is 13.0 Å². The van der Waals surface area contributed by atoms with Crippen molar-refractivity contribution >= 4 is 16.9 Å². The highest BCUT2D eigenvalue weighted by Crippen LogP contribution is 2.27. The molecule has 0 saturated carbocycles. The van der Waals surface area contributed by atoms with E-state index in [9.17, 15) is 13.6 Å². The fraction of sp³-hybridized carbons (Fsp3) is 0.167. The van der Waals surface area contributed by atoms with Gasteiger partial charge in [-0.25, -0.2) is 4.79 Å². The standard InChI is InChI=1S/C18H15F2NO2/c1-23-17(22)13-8-6-12(7-9-13)10-14-11-21(18(19)20)16-5-3-2-4-15(14)16/h2-9,11,18H,10H2,1H3. The van der Waals surface area contributed by atoms with E-state index >= 15 is 0 Å². The lowest BCUT2D eigenvalue weighted by Gasteiger charge is -2.03. The summed E-state index contributed by atoms with van der Waals surface area (Å²) in [7, 11) is 1.33. The molecule has 0 aliphatic carbocycles. The largest absolute Gasteiger partial charge is 0.465 e. The number of para-hydroxylation sites is 1. The molecule has 0 saturated heterocycles. The predicted molar refractivity (Wildman–Crippen MR) is 83.8 cm³/mol. The normalized spacial score (nSPS) is 11.1. The molecule has 0 amide bonds. The van der Waals surface area contributed by atoms with Crippen LogP contribution in [0.5, 0.6) is 0 Å². The first-order chi connectivity index (χ1) is 11.1. The Morgan fingerprint density at radius 1 is 1.13 bits per heavy atom. The summed E-state index contributed by atoms with van der Waals surface area (Å²) in [6.45, 7) is -2.57. The van der Waals surface area contributed by atoms with Crippen LogP contribution in [0.3, 0.4) is 0 Å². The number of fused-ring (bicyclic) bond motifs is 1. The molecule has 0 radical (unpaired) electrons. The summed E-state index contributed by atoms with van der Waals surface area (Å²) in [4.78, 5) is 11.4. The lowest BCUT2D eigenvalue weighted by Crippen LogP contribution is -2.01. The maximum Gasteiger partial charge on any atom is 0.337 e. The molecule has 0 N–H and O–H groups in total. The molecule has 0 bridgehead atoms. The van der Waals surface area contributed by atoms with Gasteiger partial charge in [0.25, 0.3) is 0 Å². The monoisotopic (exact) mass is 315 g/mol. The molecule has 3 nitrogen and oxygen atoms in total. The highest BCUT2D eigenvalue weighted by molar-refractivity contribution is 5.89. The number of aromatic nitrogens is 1. The maximum absolute atomic E-state index is 13.1. The van der Waals surface area contributed by atoms with Crippen LogP contribution < -0.4 is 0 Å². The van der Waals surface area contributed by atoms with E-state index < -0.39 is 12.5 Å². The summed E-state index contributed by atoms with van der Waals surface area (Å²) in [5.41, 5.74) is 2.75. The van der Waals surface area contributed by atoms with Crippen molar-refractivity contribution in [3.8, 4) is 0 Å². The molecule has 0 atom stereocenters. The van der Waals surface area contributed by atoms with Gasteiger partial charge in [-0.1, -0.05) is 30.3 Å². The van der Waals surface area contributed by atoms with E-state index in [1.165, 1.54) is 13.3 Å². The van der Waals surface area contributed by atoms with Crippen LogP contribution in [0.4, 0.5) is 8.78 Å². The first-order valence-electron chi connectivity index (χ1n) is 7.14. The molecule has 0 aliphatic rings. The Kier molecular flexibility index (Phi) is 4.10. The molecule has 3 rings (SSSR count). The molecule has 0 spiro atoms. The Morgan fingerprint density at radius 3 is 2.48 bits per heavy atom. The summed E-state index contributed by atoms with van der Waals surface area (Å²) in [5, 5.41) is 0.810. The molecule has 3 aromatic rings. The van der Waals surface area contributed by atoms with Gasteiger partial charge in [-0.3, -0.25) is 4.57 Å². The van der Waals surface area contributed by atoms with Gasteiger partial charge in [0.05, 0.1) is 18.2 Å². The second-order valence-corrected chi connectivity index (χ2v) is 5.22. The van der Waals surface area contributed by atoms with Gasteiger partial charge in [0.15, 0.2) is 0 Å². The van der Waals surface area contributed by atoms with Gasteiger partial charge in [-0.2, -0.15) is 8.78 Å². The molecule has 0 aliphatic heterocycles. The molecular formula is C18H15F2NO2. The van der Waals surface area contributed by atoms with Crippen LogP contribution in [0.15, 0.2) is 54.7 Å². The minimum atomic E-state index is -2.57. The van der Waals surface area contributed by atoms with Crippen LogP contribution in [0.25, 0.3) is 10.9 Å². The lowest BCUT2D eigenvalue weighted by molar-refractivity contribution is 0.0600. The molecule has 23 heavy (non-hydrogen) atoms. The molecule has 1 aromatic heterocycles. The van der Waals surface area contributed by atoms with Crippen LogP contribution in [-0.2, 0) is 11.2 Å². The third-order valence-corrected chi connectivity index (χ3v) is 3.80. The second kappa shape index (κ2) is 6.20. The van der Waals surface area contributed by atoms with E-state index in [0.717, 1.165) is 21.1 Å². The number of methoxy groups -OCH3 is 1. The van der Waals surface area contributed by atoms with E-state index in [-0.39, 0.29) is 0 Å². The maximum atomic E-state index is 13.1. The quantitative estimate of drug-likeness (QED) is 0.668. The van der Waals surface area contributed by atoms with Gasteiger partial charge in [0.1, 0.15) is 0 Å². The van der Waals surface area contributed by atoms with E-state index in [1.807, 2.05) is 12.1 Å². The summed E-state index contributed by atoms with van der Waals surface area (Å²) >= 11 is 0. The molecule has 5 heteroatoms. The Bertz CT molecular complexity index is 838. The molecule has 118 valence electrons. The molecule has 0 unspecified atom stereocenters. The number of ether oxygens (including phenoxy) is 1. The minimum absolute atomic E-state index is 0.397. The average Bonchev–Trinajstić information content (AvgIpc) is 2.94. The van der Waals surface area contributed by atoms with Crippen molar-refractivity contribution in [2.75, 3.05) is 7.11 Å². The summed E-state index contributed by atoms with van der Waals surface area (Å²) in [6.07, 6.45) is 2.01.